The second-order valence-electron chi connectivity index (χ2n) is 5.44. The average Bonchev–Trinajstić information content (AvgIpc) is 2.64. The van der Waals surface area contributed by atoms with Gasteiger partial charge in [-0.15, -0.1) is 5.73 Å². The van der Waals surface area contributed by atoms with E-state index in [0.717, 1.165) is 12.0 Å². The summed E-state index contributed by atoms with van der Waals surface area (Å²) in [6.07, 6.45) is 3.08. The largest absolute Gasteiger partial charge is 0.116 e. The van der Waals surface area contributed by atoms with Crippen LogP contribution in [0.5, 0.6) is 0 Å². The zero-order valence-corrected chi connectivity index (χ0v) is 13.4. The van der Waals surface area contributed by atoms with Crippen molar-refractivity contribution in [2.24, 2.45) is 0 Å². The van der Waals surface area contributed by atoms with Crippen LogP contribution in [0.3, 0.4) is 0 Å². The Balaban J connectivity index is 2.00. The van der Waals surface area contributed by atoms with Crippen molar-refractivity contribution in [3.05, 3.63) is 108 Å². The molecule has 23 heavy (non-hydrogen) atoms. The normalized spacial score (nSPS) is 9.96. The van der Waals surface area contributed by atoms with Crippen molar-refractivity contribution in [1.82, 2.24) is 0 Å². The monoisotopic (exact) mass is 296 g/mol. The van der Waals surface area contributed by atoms with Gasteiger partial charge in [0.05, 0.1) is 0 Å². The summed E-state index contributed by atoms with van der Waals surface area (Å²) < 4.78 is 0. The van der Waals surface area contributed by atoms with Crippen LogP contribution in [0.25, 0.3) is 16.7 Å². The number of allylic oxidation sites excluding steroid dienone is 1. The number of rotatable bonds is 4. The standard InChI is InChI=1S/C23H20/c1-2-3-14-23(21-12-8-5-9-13-21)22-17-15-20(16-18-22)19-10-6-4-7-11-19/h3-13,15-18H,2H2,1H3. The SMILES string of the molecule is CCC=C=C(c1ccccc1)c1ccc(-c2ccccc2)cc1. The maximum atomic E-state index is 3.45. The first-order chi connectivity index (χ1) is 11.4. The molecule has 0 fully saturated rings. The molecule has 0 saturated heterocycles. The van der Waals surface area contributed by atoms with Crippen LogP contribution in [0.15, 0.2) is 96.7 Å². The third-order valence-corrected chi connectivity index (χ3v) is 3.79. The molecule has 0 amide bonds. The fourth-order valence-electron chi connectivity index (χ4n) is 2.60. The van der Waals surface area contributed by atoms with Gasteiger partial charge in [-0.25, -0.2) is 0 Å². The Kier molecular flexibility index (Phi) is 4.88. The molecular formula is C23H20. The lowest BCUT2D eigenvalue weighted by atomic mass is 9.96. The van der Waals surface area contributed by atoms with Crippen LogP contribution in [0, 0.1) is 0 Å². The van der Waals surface area contributed by atoms with Crippen LogP contribution >= 0.6 is 0 Å². The minimum atomic E-state index is 0.985. The summed E-state index contributed by atoms with van der Waals surface area (Å²) in [6.45, 7) is 2.13. The predicted molar refractivity (Wildman–Crippen MR) is 99.2 cm³/mol. The van der Waals surface area contributed by atoms with E-state index in [1.807, 2.05) is 12.1 Å². The molecule has 0 heterocycles. The molecule has 3 rings (SSSR count). The van der Waals surface area contributed by atoms with Crippen LogP contribution in [-0.2, 0) is 0 Å². The van der Waals surface area contributed by atoms with Crippen molar-refractivity contribution in [1.29, 1.82) is 0 Å². The van der Waals surface area contributed by atoms with E-state index in [9.17, 15) is 0 Å². The summed E-state index contributed by atoms with van der Waals surface area (Å²) in [5.41, 5.74) is 9.47. The van der Waals surface area contributed by atoms with Crippen molar-refractivity contribution >= 4 is 5.57 Å². The first kappa shape index (κ1) is 15.1. The van der Waals surface area contributed by atoms with Crippen LogP contribution in [0.1, 0.15) is 24.5 Å². The van der Waals surface area contributed by atoms with Crippen molar-refractivity contribution in [2.75, 3.05) is 0 Å². The van der Waals surface area contributed by atoms with Gasteiger partial charge in [0.25, 0.3) is 0 Å². The number of hydrogen-bond donors (Lipinski definition) is 0. The molecule has 0 nitrogen and oxygen atoms in total. The van der Waals surface area contributed by atoms with Gasteiger partial charge in [0.2, 0.25) is 0 Å². The van der Waals surface area contributed by atoms with E-state index in [0.29, 0.717) is 0 Å². The molecule has 3 aromatic rings. The lowest BCUT2D eigenvalue weighted by molar-refractivity contribution is 1.23. The lowest BCUT2D eigenvalue weighted by Gasteiger charge is -2.08. The molecule has 0 saturated carbocycles. The Morgan fingerprint density at radius 1 is 0.696 bits per heavy atom. The first-order valence-electron chi connectivity index (χ1n) is 8.05. The molecule has 0 unspecified atom stereocenters. The number of hydrogen-bond acceptors (Lipinski definition) is 0. The molecule has 3 aromatic carbocycles. The molecule has 0 spiro atoms. The Labute approximate surface area is 138 Å². The number of benzene rings is 3. The third-order valence-electron chi connectivity index (χ3n) is 3.79. The molecule has 0 bridgehead atoms. The highest BCUT2D eigenvalue weighted by Gasteiger charge is 2.04. The summed E-state index contributed by atoms with van der Waals surface area (Å²) in [4.78, 5) is 0. The highest BCUT2D eigenvalue weighted by atomic mass is 14.1. The van der Waals surface area contributed by atoms with Gasteiger partial charge < -0.3 is 0 Å². The second-order valence-corrected chi connectivity index (χ2v) is 5.44. The van der Waals surface area contributed by atoms with Gasteiger partial charge in [-0.1, -0.05) is 91.9 Å². The van der Waals surface area contributed by atoms with E-state index in [2.05, 4.69) is 91.5 Å². The Bertz CT molecular complexity index is 803. The van der Waals surface area contributed by atoms with Crippen molar-refractivity contribution in [3.8, 4) is 11.1 Å². The highest BCUT2D eigenvalue weighted by molar-refractivity contribution is 5.80. The van der Waals surface area contributed by atoms with Crippen molar-refractivity contribution in [3.63, 3.8) is 0 Å². The zero-order chi connectivity index (χ0) is 15.9. The van der Waals surface area contributed by atoms with E-state index >= 15 is 0 Å². The van der Waals surface area contributed by atoms with Crippen LogP contribution in [-0.4, -0.2) is 0 Å². The average molecular weight is 296 g/mol. The van der Waals surface area contributed by atoms with Gasteiger partial charge in [-0.05, 0) is 34.8 Å². The maximum Gasteiger partial charge on any atom is 0.0306 e. The van der Waals surface area contributed by atoms with E-state index in [4.69, 9.17) is 0 Å². The quantitative estimate of drug-likeness (QED) is 0.492. The summed E-state index contributed by atoms with van der Waals surface area (Å²) >= 11 is 0. The molecule has 0 aromatic heterocycles. The fraction of sp³-hybridized carbons (Fsp3) is 0.0870. The third kappa shape index (κ3) is 3.69. The molecule has 0 atom stereocenters. The zero-order valence-electron chi connectivity index (χ0n) is 13.4. The van der Waals surface area contributed by atoms with E-state index in [1.54, 1.807) is 0 Å². The summed E-state index contributed by atoms with van der Waals surface area (Å²) in [5, 5.41) is 0. The van der Waals surface area contributed by atoms with E-state index < -0.39 is 0 Å². The van der Waals surface area contributed by atoms with Crippen molar-refractivity contribution in [2.45, 2.75) is 13.3 Å². The van der Waals surface area contributed by atoms with Gasteiger partial charge >= 0.3 is 0 Å². The van der Waals surface area contributed by atoms with Gasteiger partial charge in [0, 0.05) is 5.57 Å². The van der Waals surface area contributed by atoms with E-state index in [1.165, 1.54) is 22.3 Å². The van der Waals surface area contributed by atoms with E-state index in [-0.39, 0.29) is 0 Å². The molecule has 0 heteroatoms. The fourth-order valence-corrected chi connectivity index (χ4v) is 2.60. The van der Waals surface area contributed by atoms with Crippen LogP contribution in [0.2, 0.25) is 0 Å². The maximum absolute atomic E-state index is 3.45. The van der Waals surface area contributed by atoms with Crippen LogP contribution in [0.4, 0.5) is 0 Å². The topological polar surface area (TPSA) is 0 Å². The summed E-state index contributed by atoms with van der Waals surface area (Å²) in [5.74, 6) is 0. The van der Waals surface area contributed by atoms with Crippen molar-refractivity contribution < 1.29 is 0 Å². The summed E-state index contributed by atoms with van der Waals surface area (Å²) in [6, 6.07) is 29.7. The molecule has 0 aliphatic heterocycles. The lowest BCUT2D eigenvalue weighted by Crippen LogP contribution is -1.87. The molecule has 112 valence electrons. The molecule has 0 radical (unpaired) electrons. The van der Waals surface area contributed by atoms with Gasteiger partial charge in [-0.2, -0.15) is 0 Å². The van der Waals surface area contributed by atoms with Crippen LogP contribution < -0.4 is 0 Å². The molecular weight excluding hydrogens is 276 g/mol. The highest BCUT2D eigenvalue weighted by Crippen LogP contribution is 2.26. The second kappa shape index (κ2) is 7.45. The van der Waals surface area contributed by atoms with Gasteiger partial charge in [0.1, 0.15) is 0 Å². The molecule has 0 N–H and O–H groups in total. The first-order valence-corrected chi connectivity index (χ1v) is 8.05. The summed E-state index contributed by atoms with van der Waals surface area (Å²) in [7, 11) is 0. The molecule has 0 aliphatic carbocycles. The molecule has 0 aliphatic rings. The predicted octanol–water partition coefficient (Wildman–Crippen LogP) is 6.35. The smallest absolute Gasteiger partial charge is 0.0306 e. The minimum Gasteiger partial charge on any atom is -0.116 e. The van der Waals surface area contributed by atoms with Gasteiger partial charge in [-0.3, -0.25) is 0 Å². The van der Waals surface area contributed by atoms with Gasteiger partial charge in [0.15, 0.2) is 0 Å². The Morgan fingerprint density at radius 2 is 1.22 bits per heavy atom. The minimum absolute atomic E-state index is 0.985. The Hall–Kier alpha value is -2.82. The Morgan fingerprint density at radius 3 is 1.83 bits per heavy atom.